The van der Waals surface area contributed by atoms with E-state index in [1.165, 1.54) is 25.3 Å². The summed E-state index contributed by atoms with van der Waals surface area (Å²) in [6.45, 7) is 8.10. The number of fused-ring (bicyclic) bond motifs is 1. The van der Waals surface area contributed by atoms with Gasteiger partial charge in [-0.2, -0.15) is 0 Å². The van der Waals surface area contributed by atoms with Crippen molar-refractivity contribution in [3.63, 3.8) is 0 Å². The Morgan fingerprint density at radius 1 is 0.875 bits per heavy atom. The molecule has 7 nitrogen and oxygen atoms in total. The van der Waals surface area contributed by atoms with Gasteiger partial charge < -0.3 is 24.1 Å². The number of benzene rings is 3. The molecule has 1 aromatic heterocycles. The minimum atomic E-state index is -0.168. The van der Waals surface area contributed by atoms with E-state index in [1.54, 1.807) is 19.2 Å². The second-order valence-corrected chi connectivity index (χ2v) is 11.0. The van der Waals surface area contributed by atoms with Gasteiger partial charge >= 0.3 is 0 Å². The lowest BCUT2D eigenvalue weighted by Crippen LogP contribution is -2.24. The number of amides is 1. The second kappa shape index (κ2) is 12.9. The Bertz CT molecular complexity index is 1410. The number of aryl methyl sites for hydroxylation is 1. The van der Waals surface area contributed by atoms with Crippen molar-refractivity contribution in [2.75, 3.05) is 27.9 Å². The molecular weight excluding hydrogens is 502 g/mol. The van der Waals surface area contributed by atoms with Gasteiger partial charge in [-0.3, -0.25) is 4.79 Å². The monoisotopic (exact) mass is 543 g/mol. The molecule has 0 aliphatic heterocycles. The van der Waals surface area contributed by atoms with E-state index in [2.05, 4.69) is 73.1 Å². The standard InChI is InChI=1S/C33H41N3O4/c1-33(2,3)25-17-15-23(16-18-25)22-36-27-13-10-9-12-26(27)35-30(36)14-8-7-11-19-34-32(37)24-20-28(38-4)31(40-6)29(21-24)39-5/h9-10,12-13,15-18,20-21H,7-8,11,14,19,22H2,1-6H3,(H,34,37). The van der Waals surface area contributed by atoms with Crippen LogP contribution in [0, 0.1) is 0 Å². The highest BCUT2D eigenvalue weighted by Crippen LogP contribution is 2.38. The van der Waals surface area contributed by atoms with Gasteiger partial charge in [-0.05, 0) is 53.6 Å². The van der Waals surface area contributed by atoms with E-state index in [0.29, 0.717) is 29.4 Å². The van der Waals surface area contributed by atoms with E-state index in [1.807, 2.05) is 6.07 Å². The summed E-state index contributed by atoms with van der Waals surface area (Å²) in [4.78, 5) is 17.7. The van der Waals surface area contributed by atoms with Crippen molar-refractivity contribution in [2.24, 2.45) is 0 Å². The number of aromatic nitrogens is 2. The van der Waals surface area contributed by atoms with Crippen molar-refractivity contribution in [1.29, 1.82) is 0 Å². The second-order valence-electron chi connectivity index (χ2n) is 11.0. The molecule has 0 atom stereocenters. The first-order valence-corrected chi connectivity index (χ1v) is 13.9. The summed E-state index contributed by atoms with van der Waals surface area (Å²) in [6.07, 6.45) is 3.74. The molecule has 0 radical (unpaired) electrons. The summed E-state index contributed by atoms with van der Waals surface area (Å²) < 4.78 is 18.4. The number of carbonyl (C=O) groups excluding carboxylic acids is 1. The third-order valence-electron chi connectivity index (χ3n) is 7.18. The lowest BCUT2D eigenvalue weighted by molar-refractivity contribution is 0.0952. The van der Waals surface area contributed by atoms with Crippen molar-refractivity contribution < 1.29 is 19.0 Å². The summed E-state index contributed by atoms with van der Waals surface area (Å²) in [5.74, 6) is 2.32. The smallest absolute Gasteiger partial charge is 0.251 e. The predicted molar refractivity (Wildman–Crippen MR) is 160 cm³/mol. The lowest BCUT2D eigenvalue weighted by Gasteiger charge is -2.19. The van der Waals surface area contributed by atoms with Crippen LogP contribution in [0.4, 0.5) is 0 Å². The molecule has 0 aliphatic rings. The maximum absolute atomic E-state index is 12.8. The Morgan fingerprint density at radius 3 is 2.17 bits per heavy atom. The van der Waals surface area contributed by atoms with Crippen molar-refractivity contribution in [1.82, 2.24) is 14.9 Å². The number of methoxy groups -OCH3 is 3. The fraction of sp³-hybridized carbons (Fsp3) is 0.394. The van der Waals surface area contributed by atoms with Crippen molar-refractivity contribution >= 4 is 16.9 Å². The zero-order valence-electron chi connectivity index (χ0n) is 24.5. The van der Waals surface area contributed by atoms with E-state index in [4.69, 9.17) is 19.2 Å². The average Bonchev–Trinajstić information content (AvgIpc) is 3.30. The van der Waals surface area contributed by atoms with Crippen LogP contribution in [-0.4, -0.2) is 43.3 Å². The van der Waals surface area contributed by atoms with Gasteiger partial charge in [0, 0.05) is 25.1 Å². The number of ether oxygens (including phenoxy) is 3. The minimum Gasteiger partial charge on any atom is -0.493 e. The van der Waals surface area contributed by atoms with E-state index < -0.39 is 0 Å². The number of nitrogens with one attached hydrogen (secondary N) is 1. The SMILES string of the molecule is COc1cc(C(=O)NCCCCCc2nc3ccccc3n2Cc2ccc(C(C)(C)C)cc2)cc(OC)c1OC. The molecule has 0 aliphatic carbocycles. The largest absolute Gasteiger partial charge is 0.493 e. The molecule has 4 rings (SSSR count). The maximum atomic E-state index is 12.8. The van der Waals surface area contributed by atoms with Gasteiger partial charge in [0.1, 0.15) is 5.82 Å². The number of rotatable bonds is 12. The van der Waals surface area contributed by atoms with Gasteiger partial charge in [-0.25, -0.2) is 4.98 Å². The molecule has 0 unspecified atom stereocenters. The van der Waals surface area contributed by atoms with Crippen LogP contribution in [-0.2, 0) is 18.4 Å². The molecule has 0 bridgehead atoms. The molecule has 3 aromatic carbocycles. The fourth-order valence-corrected chi connectivity index (χ4v) is 4.89. The summed E-state index contributed by atoms with van der Waals surface area (Å²) in [5.41, 5.74) is 5.41. The van der Waals surface area contributed by atoms with Gasteiger partial charge in [0.2, 0.25) is 5.75 Å². The Morgan fingerprint density at radius 2 is 1.55 bits per heavy atom. The number of unbranched alkanes of at least 4 members (excludes halogenated alkanes) is 2. The van der Waals surface area contributed by atoms with E-state index in [0.717, 1.165) is 49.1 Å². The van der Waals surface area contributed by atoms with Crippen molar-refractivity contribution in [3.8, 4) is 17.2 Å². The van der Waals surface area contributed by atoms with E-state index >= 15 is 0 Å². The molecule has 7 heteroatoms. The summed E-state index contributed by atoms with van der Waals surface area (Å²) in [7, 11) is 4.62. The molecule has 1 heterocycles. The van der Waals surface area contributed by atoms with Crippen LogP contribution in [0.3, 0.4) is 0 Å². The Balaban J connectivity index is 1.34. The minimum absolute atomic E-state index is 0.138. The van der Waals surface area contributed by atoms with Crippen molar-refractivity contribution in [2.45, 2.75) is 58.4 Å². The quantitative estimate of drug-likeness (QED) is 0.205. The summed E-state index contributed by atoms with van der Waals surface area (Å²) in [6, 6.07) is 20.6. The molecule has 1 N–H and O–H groups in total. The predicted octanol–water partition coefficient (Wildman–Crippen LogP) is 6.55. The molecule has 0 spiro atoms. The van der Waals surface area contributed by atoms with E-state index in [9.17, 15) is 4.79 Å². The molecule has 40 heavy (non-hydrogen) atoms. The van der Waals surface area contributed by atoms with Crippen LogP contribution in [0.1, 0.15) is 67.3 Å². The Labute approximate surface area is 237 Å². The van der Waals surface area contributed by atoms with Crippen LogP contribution in [0.25, 0.3) is 11.0 Å². The highest BCUT2D eigenvalue weighted by Gasteiger charge is 2.17. The Hall–Kier alpha value is -4.00. The van der Waals surface area contributed by atoms with Crippen LogP contribution in [0.15, 0.2) is 60.7 Å². The third-order valence-corrected chi connectivity index (χ3v) is 7.18. The average molecular weight is 544 g/mol. The maximum Gasteiger partial charge on any atom is 0.251 e. The summed E-state index contributed by atoms with van der Waals surface area (Å²) >= 11 is 0. The molecule has 0 fully saturated rings. The zero-order chi connectivity index (χ0) is 28.7. The number of nitrogens with zero attached hydrogens (tertiary/aromatic N) is 2. The van der Waals surface area contributed by atoms with Crippen LogP contribution in [0.5, 0.6) is 17.2 Å². The zero-order valence-corrected chi connectivity index (χ0v) is 24.5. The molecular formula is C33H41N3O4. The van der Waals surface area contributed by atoms with Gasteiger partial charge in [0.05, 0.1) is 32.4 Å². The number of para-hydroxylation sites is 2. The fourth-order valence-electron chi connectivity index (χ4n) is 4.89. The van der Waals surface area contributed by atoms with Crippen molar-refractivity contribution in [3.05, 3.63) is 83.2 Å². The molecule has 212 valence electrons. The van der Waals surface area contributed by atoms with Crippen LogP contribution < -0.4 is 19.5 Å². The number of imidazole rings is 1. The first-order valence-electron chi connectivity index (χ1n) is 13.9. The highest BCUT2D eigenvalue weighted by atomic mass is 16.5. The van der Waals surface area contributed by atoms with Crippen LogP contribution >= 0.6 is 0 Å². The first kappa shape index (κ1) is 29.0. The van der Waals surface area contributed by atoms with E-state index in [-0.39, 0.29) is 11.3 Å². The topological polar surface area (TPSA) is 74.6 Å². The Kier molecular flexibility index (Phi) is 9.35. The van der Waals surface area contributed by atoms with Gasteiger partial charge in [0.25, 0.3) is 5.91 Å². The normalized spacial score (nSPS) is 11.4. The third kappa shape index (κ3) is 6.76. The molecule has 0 saturated carbocycles. The number of carbonyl (C=O) groups is 1. The molecule has 4 aromatic rings. The molecule has 0 saturated heterocycles. The highest BCUT2D eigenvalue weighted by molar-refractivity contribution is 5.95. The van der Waals surface area contributed by atoms with Crippen LogP contribution in [0.2, 0.25) is 0 Å². The van der Waals surface area contributed by atoms with Gasteiger partial charge in [0.15, 0.2) is 11.5 Å². The molecule has 1 amide bonds. The first-order chi connectivity index (χ1) is 19.2. The van der Waals surface area contributed by atoms with Gasteiger partial charge in [-0.15, -0.1) is 0 Å². The number of hydrogen-bond donors (Lipinski definition) is 1. The summed E-state index contributed by atoms with van der Waals surface area (Å²) in [5, 5.41) is 3.01. The number of hydrogen-bond acceptors (Lipinski definition) is 5. The van der Waals surface area contributed by atoms with Gasteiger partial charge in [-0.1, -0.05) is 63.6 Å². The lowest BCUT2D eigenvalue weighted by atomic mass is 9.87.